The molecule has 9 heteroatoms. The lowest BCUT2D eigenvalue weighted by molar-refractivity contribution is -0.140. The third-order valence-electron chi connectivity index (χ3n) is 7.86. The maximum absolute atomic E-state index is 14.2. The van der Waals surface area contributed by atoms with Crippen LogP contribution in [0.15, 0.2) is 83.8 Å². The van der Waals surface area contributed by atoms with Crippen LogP contribution in [-0.4, -0.2) is 50.4 Å². The molecular formula is C34H43N3O5S. The Bertz CT molecular complexity index is 1440. The standard InChI is InChI=1S/C34H43N3O5S/c1-4-32(34(39)35-28-12-8-6-9-13-28)36(24-27-18-16-26(3)17-19-27)33(38)25-37(29-14-10-7-11-15-29)43(40,41)31-22-20-30(21-23-31)42-5-2/h7,10-11,14-23,28,32H,4-6,8-9,12-13,24-25H2,1-3H3,(H,35,39). The van der Waals surface area contributed by atoms with Gasteiger partial charge in [-0.15, -0.1) is 0 Å². The molecule has 1 aliphatic rings. The van der Waals surface area contributed by atoms with Crippen molar-refractivity contribution in [2.24, 2.45) is 0 Å². The number of para-hydroxylation sites is 1. The Morgan fingerprint density at radius 3 is 2.16 bits per heavy atom. The molecule has 43 heavy (non-hydrogen) atoms. The molecule has 3 aromatic rings. The van der Waals surface area contributed by atoms with E-state index < -0.39 is 28.5 Å². The Kier molecular flexibility index (Phi) is 11.2. The average Bonchev–Trinajstić information content (AvgIpc) is 3.02. The molecule has 0 aromatic heterocycles. The first-order valence-electron chi connectivity index (χ1n) is 15.2. The van der Waals surface area contributed by atoms with E-state index >= 15 is 0 Å². The van der Waals surface area contributed by atoms with Gasteiger partial charge in [-0.2, -0.15) is 0 Å². The topological polar surface area (TPSA) is 96.0 Å². The average molecular weight is 606 g/mol. The molecule has 1 unspecified atom stereocenters. The van der Waals surface area contributed by atoms with Crippen LogP contribution >= 0.6 is 0 Å². The molecule has 1 N–H and O–H groups in total. The first-order valence-corrected chi connectivity index (χ1v) is 16.6. The second-order valence-electron chi connectivity index (χ2n) is 11.0. The number of carbonyl (C=O) groups excluding carboxylic acids is 2. The van der Waals surface area contributed by atoms with E-state index in [1.807, 2.05) is 45.0 Å². The highest BCUT2D eigenvalue weighted by molar-refractivity contribution is 7.92. The number of sulfonamides is 1. The van der Waals surface area contributed by atoms with E-state index in [9.17, 15) is 18.0 Å². The zero-order valence-electron chi connectivity index (χ0n) is 25.4. The number of anilines is 1. The Morgan fingerprint density at radius 2 is 1.56 bits per heavy atom. The number of nitrogens with one attached hydrogen (secondary N) is 1. The summed E-state index contributed by atoms with van der Waals surface area (Å²) in [5.41, 5.74) is 2.31. The number of aryl methyl sites for hydroxylation is 1. The first-order chi connectivity index (χ1) is 20.7. The highest BCUT2D eigenvalue weighted by Gasteiger charge is 2.34. The number of nitrogens with zero attached hydrogens (tertiary/aromatic N) is 2. The molecule has 0 bridgehead atoms. The summed E-state index contributed by atoms with van der Waals surface area (Å²) in [7, 11) is -4.14. The summed E-state index contributed by atoms with van der Waals surface area (Å²) >= 11 is 0. The summed E-state index contributed by atoms with van der Waals surface area (Å²) in [5, 5.41) is 3.18. The third-order valence-corrected chi connectivity index (χ3v) is 9.64. The SMILES string of the molecule is CCOc1ccc(S(=O)(=O)N(CC(=O)N(Cc2ccc(C)cc2)C(CC)C(=O)NC2CCCCC2)c2ccccc2)cc1. The predicted octanol–water partition coefficient (Wildman–Crippen LogP) is 5.85. The minimum absolute atomic E-state index is 0.0415. The van der Waals surface area contributed by atoms with E-state index in [2.05, 4.69) is 5.32 Å². The van der Waals surface area contributed by atoms with Crippen LogP contribution in [0.5, 0.6) is 5.75 Å². The first kappa shape index (κ1) is 32.1. The van der Waals surface area contributed by atoms with Gasteiger partial charge in [-0.05, 0) is 75.1 Å². The van der Waals surface area contributed by atoms with Crippen LogP contribution < -0.4 is 14.4 Å². The van der Waals surface area contributed by atoms with E-state index in [0.717, 1.165) is 41.1 Å². The Hall–Kier alpha value is -3.85. The van der Waals surface area contributed by atoms with Gasteiger partial charge in [0.2, 0.25) is 11.8 Å². The molecule has 230 valence electrons. The quantitative estimate of drug-likeness (QED) is 0.264. The normalized spacial score (nSPS) is 14.5. The Balaban J connectivity index is 1.67. The molecule has 8 nitrogen and oxygen atoms in total. The number of hydrogen-bond acceptors (Lipinski definition) is 5. The lowest BCUT2D eigenvalue weighted by Crippen LogP contribution is -2.54. The molecule has 1 saturated carbocycles. The third kappa shape index (κ3) is 8.38. The van der Waals surface area contributed by atoms with Crippen LogP contribution in [0.4, 0.5) is 5.69 Å². The molecular weight excluding hydrogens is 562 g/mol. The molecule has 0 aliphatic heterocycles. The van der Waals surface area contributed by atoms with Crippen LogP contribution in [-0.2, 0) is 26.2 Å². The second-order valence-corrected chi connectivity index (χ2v) is 12.9. The molecule has 1 aliphatic carbocycles. The van der Waals surface area contributed by atoms with E-state index in [1.165, 1.54) is 23.5 Å². The van der Waals surface area contributed by atoms with Gasteiger partial charge in [0, 0.05) is 12.6 Å². The fraction of sp³-hybridized carbons (Fsp3) is 0.412. The van der Waals surface area contributed by atoms with Gasteiger partial charge in [-0.1, -0.05) is 74.2 Å². The molecule has 0 saturated heterocycles. The lowest BCUT2D eigenvalue weighted by Gasteiger charge is -2.34. The minimum atomic E-state index is -4.14. The zero-order valence-corrected chi connectivity index (χ0v) is 26.2. The molecule has 0 heterocycles. The monoisotopic (exact) mass is 605 g/mol. The lowest BCUT2D eigenvalue weighted by atomic mass is 9.95. The maximum Gasteiger partial charge on any atom is 0.264 e. The number of amides is 2. The number of carbonyl (C=O) groups is 2. The second kappa shape index (κ2) is 15.0. The van der Waals surface area contributed by atoms with Crippen molar-refractivity contribution in [2.75, 3.05) is 17.5 Å². The summed E-state index contributed by atoms with van der Waals surface area (Å²) in [5.74, 6) is -0.0945. The van der Waals surface area contributed by atoms with Crippen LogP contribution in [0.2, 0.25) is 0 Å². The highest BCUT2D eigenvalue weighted by atomic mass is 32.2. The van der Waals surface area contributed by atoms with Crippen LogP contribution in [0.1, 0.15) is 63.5 Å². The van der Waals surface area contributed by atoms with Crippen molar-refractivity contribution in [3.8, 4) is 5.75 Å². The zero-order chi connectivity index (χ0) is 30.8. The number of benzene rings is 3. The molecule has 3 aromatic carbocycles. The molecule has 4 rings (SSSR count). The van der Waals surface area contributed by atoms with Gasteiger partial charge in [0.1, 0.15) is 18.3 Å². The van der Waals surface area contributed by atoms with Crippen molar-refractivity contribution in [3.63, 3.8) is 0 Å². The molecule has 2 amide bonds. The van der Waals surface area contributed by atoms with Crippen molar-refractivity contribution in [1.82, 2.24) is 10.2 Å². The van der Waals surface area contributed by atoms with Crippen molar-refractivity contribution in [3.05, 3.63) is 90.0 Å². The molecule has 1 atom stereocenters. The number of rotatable bonds is 13. The van der Waals surface area contributed by atoms with E-state index in [4.69, 9.17) is 4.74 Å². The predicted molar refractivity (Wildman–Crippen MR) is 169 cm³/mol. The Morgan fingerprint density at radius 1 is 0.907 bits per heavy atom. The minimum Gasteiger partial charge on any atom is -0.494 e. The summed E-state index contributed by atoms with van der Waals surface area (Å²) in [4.78, 5) is 29.5. The van der Waals surface area contributed by atoms with Crippen molar-refractivity contribution >= 4 is 27.5 Å². The van der Waals surface area contributed by atoms with Crippen molar-refractivity contribution in [2.45, 2.75) is 82.8 Å². The van der Waals surface area contributed by atoms with Crippen LogP contribution in [0, 0.1) is 6.92 Å². The fourth-order valence-corrected chi connectivity index (χ4v) is 6.89. The summed E-state index contributed by atoms with van der Waals surface area (Å²) in [6.45, 7) is 5.91. The van der Waals surface area contributed by atoms with Gasteiger partial charge in [-0.3, -0.25) is 13.9 Å². The van der Waals surface area contributed by atoms with Gasteiger partial charge < -0.3 is 15.0 Å². The molecule has 0 spiro atoms. The van der Waals surface area contributed by atoms with Crippen LogP contribution in [0.25, 0.3) is 0 Å². The van der Waals surface area contributed by atoms with Gasteiger partial charge in [-0.25, -0.2) is 8.42 Å². The highest BCUT2D eigenvalue weighted by Crippen LogP contribution is 2.26. The molecule has 0 radical (unpaired) electrons. The van der Waals surface area contributed by atoms with E-state index in [0.29, 0.717) is 24.5 Å². The fourth-order valence-electron chi connectivity index (χ4n) is 5.48. The van der Waals surface area contributed by atoms with Crippen LogP contribution in [0.3, 0.4) is 0 Å². The van der Waals surface area contributed by atoms with E-state index in [1.54, 1.807) is 42.5 Å². The van der Waals surface area contributed by atoms with Gasteiger partial charge in [0.25, 0.3) is 10.0 Å². The van der Waals surface area contributed by atoms with Crippen molar-refractivity contribution < 1.29 is 22.7 Å². The largest absolute Gasteiger partial charge is 0.494 e. The van der Waals surface area contributed by atoms with Gasteiger partial charge in [0.05, 0.1) is 17.2 Å². The summed E-state index contributed by atoms with van der Waals surface area (Å²) in [6, 6.07) is 21.9. The smallest absolute Gasteiger partial charge is 0.264 e. The van der Waals surface area contributed by atoms with Crippen molar-refractivity contribution in [1.29, 1.82) is 0 Å². The van der Waals surface area contributed by atoms with Gasteiger partial charge in [0.15, 0.2) is 0 Å². The Labute approximate surface area is 256 Å². The van der Waals surface area contributed by atoms with Gasteiger partial charge >= 0.3 is 0 Å². The summed E-state index contributed by atoms with van der Waals surface area (Å²) < 4.78 is 34.7. The number of hydrogen-bond donors (Lipinski definition) is 1. The number of ether oxygens (including phenoxy) is 1. The van der Waals surface area contributed by atoms with E-state index in [-0.39, 0.29) is 23.4 Å². The maximum atomic E-state index is 14.2. The summed E-state index contributed by atoms with van der Waals surface area (Å²) in [6.07, 6.45) is 5.56. The molecule has 1 fully saturated rings.